The van der Waals surface area contributed by atoms with E-state index in [4.69, 9.17) is 0 Å². The minimum atomic E-state index is -0.174. The largest absolute Gasteiger partial charge is 0.376 e. The van der Waals surface area contributed by atoms with Crippen molar-refractivity contribution in [2.45, 2.75) is 27.7 Å². The second kappa shape index (κ2) is 7.58. The minimum Gasteiger partial charge on any atom is -0.376 e. The van der Waals surface area contributed by atoms with Gasteiger partial charge in [0.2, 0.25) is 0 Å². The van der Waals surface area contributed by atoms with Crippen LogP contribution in [0.5, 0.6) is 0 Å². The van der Waals surface area contributed by atoms with E-state index in [9.17, 15) is 4.79 Å². The van der Waals surface area contributed by atoms with Crippen LogP contribution in [0.2, 0.25) is 0 Å². The highest BCUT2D eigenvalue weighted by Crippen LogP contribution is 2.14. The molecule has 23 heavy (non-hydrogen) atoms. The topological polar surface area (TPSA) is 53.5 Å². The molecule has 0 aromatic heterocycles. The highest BCUT2D eigenvalue weighted by atomic mass is 16.2. The lowest BCUT2D eigenvalue weighted by Gasteiger charge is -2.08. The van der Waals surface area contributed by atoms with Crippen LogP contribution in [0.15, 0.2) is 41.5 Å². The molecule has 2 rings (SSSR count). The van der Waals surface area contributed by atoms with E-state index in [-0.39, 0.29) is 12.5 Å². The number of hydrazone groups is 1. The molecule has 0 aliphatic heterocycles. The summed E-state index contributed by atoms with van der Waals surface area (Å²) < 4.78 is 0. The monoisotopic (exact) mass is 309 g/mol. The molecule has 0 spiro atoms. The zero-order valence-electron chi connectivity index (χ0n) is 14.1. The zero-order chi connectivity index (χ0) is 16.8. The molecule has 0 bridgehead atoms. The van der Waals surface area contributed by atoms with Gasteiger partial charge >= 0.3 is 0 Å². The highest BCUT2D eigenvalue weighted by molar-refractivity contribution is 5.86. The number of benzene rings is 2. The van der Waals surface area contributed by atoms with E-state index < -0.39 is 0 Å². The van der Waals surface area contributed by atoms with Gasteiger partial charge in [-0.25, -0.2) is 5.43 Å². The van der Waals surface area contributed by atoms with Gasteiger partial charge in [0.1, 0.15) is 0 Å². The van der Waals surface area contributed by atoms with Gasteiger partial charge in [0, 0.05) is 11.3 Å². The van der Waals surface area contributed by atoms with E-state index in [0.29, 0.717) is 0 Å². The van der Waals surface area contributed by atoms with Crippen LogP contribution in [0, 0.1) is 27.7 Å². The summed E-state index contributed by atoms with van der Waals surface area (Å²) in [5.74, 6) is -0.174. The number of carbonyl (C=O) groups excluding carboxylic acids is 1. The fourth-order valence-electron chi connectivity index (χ4n) is 2.55. The molecular weight excluding hydrogens is 286 g/mol. The smallest absolute Gasteiger partial charge is 0.259 e. The van der Waals surface area contributed by atoms with E-state index >= 15 is 0 Å². The van der Waals surface area contributed by atoms with Crippen molar-refractivity contribution in [3.05, 3.63) is 64.2 Å². The third-order valence-electron chi connectivity index (χ3n) is 3.71. The average molecular weight is 309 g/mol. The molecule has 0 saturated carbocycles. The number of aryl methyl sites for hydroxylation is 4. The second-order valence-electron chi connectivity index (χ2n) is 5.77. The molecule has 0 aliphatic carbocycles. The van der Waals surface area contributed by atoms with Crippen molar-refractivity contribution in [2.24, 2.45) is 5.10 Å². The predicted molar refractivity (Wildman–Crippen MR) is 96.1 cm³/mol. The van der Waals surface area contributed by atoms with Gasteiger partial charge in [0.05, 0.1) is 12.8 Å². The van der Waals surface area contributed by atoms with Gasteiger partial charge in [-0.3, -0.25) is 4.79 Å². The van der Waals surface area contributed by atoms with Crippen molar-refractivity contribution < 1.29 is 4.79 Å². The lowest BCUT2D eigenvalue weighted by molar-refractivity contribution is -0.119. The molecule has 0 saturated heterocycles. The first kappa shape index (κ1) is 16.7. The summed E-state index contributed by atoms with van der Waals surface area (Å²) in [6.45, 7) is 8.35. The molecule has 0 unspecified atom stereocenters. The van der Waals surface area contributed by atoms with E-state index in [1.54, 1.807) is 6.21 Å². The van der Waals surface area contributed by atoms with Crippen molar-refractivity contribution in [1.29, 1.82) is 0 Å². The Labute approximate surface area is 137 Å². The number of nitrogens with one attached hydrogen (secondary N) is 2. The van der Waals surface area contributed by atoms with Crippen molar-refractivity contribution in [3.8, 4) is 0 Å². The van der Waals surface area contributed by atoms with Gasteiger partial charge in [-0.2, -0.15) is 5.10 Å². The Kier molecular flexibility index (Phi) is 5.52. The summed E-state index contributed by atoms with van der Waals surface area (Å²) in [5, 5.41) is 7.17. The molecule has 2 N–H and O–H groups in total. The number of rotatable bonds is 5. The highest BCUT2D eigenvalue weighted by Gasteiger charge is 2.03. The number of hydrogen-bond acceptors (Lipinski definition) is 3. The molecule has 0 atom stereocenters. The molecule has 0 radical (unpaired) electrons. The van der Waals surface area contributed by atoms with Gasteiger partial charge < -0.3 is 5.32 Å². The van der Waals surface area contributed by atoms with E-state index in [2.05, 4.69) is 34.9 Å². The summed E-state index contributed by atoms with van der Waals surface area (Å²) in [4.78, 5) is 11.9. The zero-order valence-corrected chi connectivity index (χ0v) is 14.1. The first-order valence-electron chi connectivity index (χ1n) is 7.66. The molecular formula is C19H23N3O. The fraction of sp³-hybridized carbons (Fsp3) is 0.263. The molecule has 4 nitrogen and oxygen atoms in total. The number of nitrogens with zero attached hydrogens (tertiary/aromatic N) is 1. The van der Waals surface area contributed by atoms with E-state index in [1.807, 2.05) is 45.0 Å². The number of amides is 1. The summed E-state index contributed by atoms with van der Waals surface area (Å²) >= 11 is 0. The molecule has 120 valence electrons. The van der Waals surface area contributed by atoms with Crippen LogP contribution in [0.3, 0.4) is 0 Å². The fourth-order valence-corrected chi connectivity index (χ4v) is 2.55. The van der Waals surface area contributed by atoms with Crippen LogP contribution in [0.25, 0.3) is 0 Å². The molecule has 2 aromatic rings. The van der Waals surface area contributed by atoms with Crippen molar-refractivity contribution in [1.82, 2.24) is 5.43 Å². The van der Waals surface area contributed by atoms with Crippen LogP contribution in [0.4, 0.5) is 5.69 Å². The lowest BCUT2D eigenvalue weighted by Crippen LogP contribution is -2.26. The van der Waals surface area contributed by atoms with Crippen LogP contribution in [-0.4, -0.2) is 18.7 Å². The Hall–Kier alpha value is -2.62. The maximum Gasteiger partial charge on any atom is 0.259 e. The van der Waals surface area contributed by atoms with Gasteiger partial charge in [-0.1, -0.05) is 35.9 Å². The standard InChI is InChI=1S/C19H23N3O/c1-13-9-15(3)17(16(4)10-13)11-21-22-19(23)12-20-18-8-6-5-7-14(18)2/h5-11,20H,12H2,1-4H3,(H,22,23)/b21-11+. The predicted octanol–water partition coefficient (Wildman–Crippen LogP) is 3.48. The lowest BCUT2D eigenvalue weighted by atomic mass is 10.0. The van der Waals surface area contributed by atoms with Crippen LogP contribution in [-0.2, 0) is 4.79 Å². The molecule has 4 heteroatoms. The van der Waals surface area contributed by atoms with Crippen LogP contribution >= 0.6 is 0 Å². The third-order valence-corrected chi connectivity index (χ3v) is 3.71. The van der Waals surface area contributed by atoms with Crippen LogP contribution in [0.1, 0.15) is 27.8 Å². The summed E-state index contributed by atoms with van der Waals surface area (Å²) in [7, 11) is 0. The number of para-hydroxylation sites is 1. The van der Waals surface area contributed by atoms with Gasteiger partial charge in [-0.15, -0.1) is 0 Å². The van der Waals surface area contributed by atoms with Gasteiger partial charge in [0.25, 0.3) is 5.91 Å². The molecule has 1 amide bonds. The number of carbonyl (C=O) groups is 1. The van der Waals surface area contributed by atoms with Gasteiger partial charge in [0.15, 0.2) is 0 Å². The Morgan fingerprint density at radius 3 is 2.35 bits per heavy atom. The molecule has 0 fully saturated rings. The first-order chi connectivity index (χ1) is 11.0. The van der Waals surface area contributed by atoms with Crippen molar-refractivity contribution in [2.75, 3.05) is 11.9 Å². The molecule has 0 aliphatic rings. The van der Waals surface area contributed by atoms with Gasteiger partial charge in [-0.05, 0) is 50.5 Å². The average Bonchev–Trinajstić information content (AvgIpc) is 2.49. The number of hydrogen-bond donors (Lipinski definition) is 2. The Morgan fingerprint density at radius 1 is 1.04 bits per heavy atom. The molecule has 2 aromatic carbocycles. The Morgan fingerprint density at radius 2 is 1.70 bits per heavy atom. The summed E-state index contributed by atoms with van der Waals surface area (Å²) in [6, 6.07) is 12.1. The van der Waals surface area contributed by atoms with E-state index in [0.717, 1.165) is 27.9 Å². The molecule has 0 heterocycles. The summed E-state index contributed by atoms with van der Waals surface area (Å²) in [5.41, 5.74) is 9.19. The van der Waals surface area contributed by atoms with Crippen molar-refractivity contribution >= 4 is 17.8 Å². The maximum absolute atomic E-state index is 11.9. The minimum absolute atomic E-state index is 0.174. The van der Waals surface area contributed by atoms with Crippen LogP contribution < -0.4 is 10.7 Å². The Balaban J connectivity index is 1.91. The SMILES string of the molecule is Cc1cc(C)c(/C=N/NC(=O)CNc2ccccc2C)c(C)c1. The normalized spacial score (nSPS) is 10.8. The second-order valence-corrected chi connectivity index (χ2v) is 5.77. The Bertz CT molecular complexity index is 712. The van der Waals surface area contributed by atoms with Crippen molar-refractivity contribution in [3.63, 3.8) is 0 Å². The quantitative estimate of drug-likeness (QED) is 0.656. The van der Waals surface area contributed by atoms with E-state index in [1.165, 1.54) is 5.56 Å². The third kappa shape index (κ3) is 4.68. The first-order valence-corrected chi connectivity index (χ1v) is 7.66. The number of anilines is 1. The summed E-state index contributed by atoms with van der Waals surface area (Å²) in [6.07, 6.45) is 1.70. The maximum atomic E-state index is 11.9.